The van der Waals surface area contributed by atoms with Crippen LogP contribution in [0.3, 0.4) is 0 Å². The van der Waals surface area contributed by atoms with Crippen molar-refractivity contribution in [2.24, 2.45) is 0 Å². The Hall–Kier alpha value is -1.12. The Kier molecular flexibility index (Phi) is 4.18. The van der Waals surface area contributed by atoms with Gasteiger partial charge in [-0.15, -0.1) is 0 Å². The Balaban J connectivity index is 3.96. The van der Waals surface area contributed by atoms with Crippen LogP contribution in [0.25, 0.3) is 0 Å². The predicted octanol–water partition coefficient (Wildman–Crippen LogP) is 1.01. The number of carbonyl (C=O) groups excluding carboxylic acids is 2. The first-order valence-electron chi connectivity index (χ1n) is 3.55. The van der Waals surface area contributed by atoms with Crippen LogP contribution in [0, 0.1) is 0 Å². The molecule has 1 N–H and O–H groups in total. The van der Waals surface area contributed by atoms with Gasteiger partial charge in [0, 0.05) is 12.1 Å². The highest BCUT2D eigenvalue weighted by molar-refractivity contribution is 5.89. The summed E-state index contributed by atoms with van der Waals surface area (Å²) in [6.45, 7) is 4.90. The number of allylic oxidation sites excluding steroid dienone is 2. The number of amides is 1. The highest BCUT2D eigenvalue weighted by Gasteiger charge is 1.96. The summed E-state index contributed by atoms with van der Waals surface area (Å²) < 4.78 is 0. The third-order valence-corrected chi connectivity index (χ3v) is 1.08. The first kappa shape index (κ1) is 9.88. The van der Waals surface area contributed by atoms with Gasteiger partial charge in [0.05, 0.1) is 0 Å². The summed E-state index contributed by atoms with van der Waals surface area (Å²) in [6, 6.07) is 0. The van der Waals surface area contributed by atoms with Crippen LogP contribution < -0.4 is 5.32 Å². The third-order valence-electron chi connectivity index (χ3n) is 1.08. The molecule has 0 spiro atoms. The van der Waals surface area contributed by atoms with Crippen LogP contribution in [0.5, 0.6) is 0 Å². The Labute approximate surface area is 66.5 Å². The van der Waals surface area contributed by atoms with Crippen molar-refractivity contribution in [3.8, 4) is 0 Å². The van der Waals surface area contributed by atoms with Crippen molar-refractivity contribution in [3.05, 3.63) is 11.8 Å². The highest BCUT2D eigenvalue weighted by Crippen LogP contribution is 1.88. The molecule has 3 nitrogen and oxygen atoms in total. The second-order valence-electron chi connectivity index (χ2n) is 2.34. The van der Waals surface area contributed by atoms with Gasteiger partial charge >= 0.3 is 0 Å². The molecule has 11 heavy (non-hydrogen) atoms. The molecule has 0 aromatic carbocycles. The molecular weight excluding hydrogens is 142 g/mol. The van der Waals surface area contributed by atoms with Crippen molar-refractivity contribution in [2.45, 2.75) is 27.2 Å². The van der Waals surface area contributed by atoms with Crippen LogP contribution in [0.2, 0.25) is 0 Å². The van der Waals surface area contributed by atoms with E-state index < -0.39 is 0 Å². The van der Waals surface area contributed by atoms with Gasteiger partial charge in [-0.25, -0.2) is 0 Å². The van der Waals surface area contributed by atoms with E-state index in [-0.39, 0.29) is 11.7 Å². The molecule has 0 aliphatic rings. The number of hydrogen-bond acceptors (Lipinski definition) is 2. The molecule has 0 heterocycles. The minimum atomic E-state index is -0.0694. The third kappa shape index (κ3) is 5.33. The molecule has 0 rings (SSSR count). The van der Waals surface area contributed by atoms with Gasteiger partial charge in [-0.2, -0.15) is 0 Å². The normalized spacial score (nSPS) is 11.0. The maximum atomic E-state index is 10.7. The number of rotatable bonds is 3. The van der Waals surface area contributed by atoms with E-state index >= 15 is 0 Å². The van der Waals surface area contributed by atoms with Gasteiger partial charge in [-0.1, -0.05) is 6.92 Å². The molecule has 0 saturated heterocycles. The lowest BCUT2D eigenvalue weighted by Crippen LogP contribution is -2.20. The van der Waals surface area contributed by atoms with Gasteiger partial charge in [0.2, 0.25) is 5.91 Å². The van der Waals surface area contributed by atoms with Crippen molar-refractivity contribution < 1.29 is 9.59 Å². The quantitative estimate of drug-likeness (QED) is 0.618. The van der Waals surface area contributed by atoms with Gasteiger partial charge in [0.15, 0.2) is 5.78 Å². The van der Waals surface area contributed by atoms with E-state index in [1.54, 1.807) is 13.8 Å². The van der Waals surface area contributed by atoms with Crippen LogP contribution in [-0.4, -0.2) is 11.7 Å². The number of ketones is 1. The fraction of sp³-hybridized carbons (Fsp3) is 0.500. The van der Waals surface area contributed by atoms with Gasteiger partial charge in [-0.3, -0.25) is 9.59 Å². The minimum Gasteiger partial charge on any atom is -0.330 e. The lowest BCUT2D eigenvalue weighted by Gasteiger charge is -2.00. The molecule has 0 aromatic heterocycles. The molecule has 0 bridgehead atoms. The minimum absolute atomic E-state index is 0.0566. The highest BCUT2D eigenvalue weighted by atomic mass is 16.1. The van der Waals surface area contributed by atoms with Crippen molar-refractivity contribution in [1.29, 1.82) is 0 Å². The van der Waals surface area contributed by atoms with E-state index in [9.17, 15) is 9.59 Å². The second kappa shape index (κ2) is 4.66. The van der Waals surface area contributed by atoms with E-state index in [0.717, 1.165) is 0 Å². The zero-order valence-corrected chi connectivity index (χ0v) is 7.10. The second-order valence-corrected chi connectivity index (χ2v) is 2.34. The Morgan fingerprint density at radius 3 is 2.27 bits per heavy atom. The smallest absolute Gasteiger partial charge is 0.223 e. The molecule has 1 amide bonds. The summed E-state index contributed by atoms with van der Waals surface area (Å²) in [4.78, 5) is 21.2. The summed E-state index contributed by atoms with van der Waals surface area (Å²) in [6.07, 6.45) is 1.83. The Morgan fingerprint density at radius 1 is 1.36 bits per heavy atom. The van der Waals surface area contributed by atoms with Crippen molar-refractivity contribution in [1.82, 2.24) is 5.32 Å². The lowest BCUT2D eigenvalue weighted by molar-refractivity contribution is -0.120. The summed E-state index contributed by atoms with van der Waals surface area (Å²) in [5.41, 5.74) is 0.601. The van der Waals surface area contributed by atoms with Gasteiger partial charge in [0.25, 0.3) is 0 Å². The predicted molar refractivity (Wildman–Crippen MR) is 42.9 cm³/mol. The topological polar surface area (TPSA) is 46.2 Å². The van der Waals surface area contributed by atoms with Crippen LogP contribution in [-0.2, 0) is 9.59 Å². The molecule has 0 radical (unpaired) electrons. The average molecular weight is 155 g/mol. The Bertz CT molecular complexity index is 194. The zero-order chi connectivity index (χ0) is 8.85. The van der Waals surface area contributed by atoms with Crippen molar-refractivity contribution >= 4 is 11.7 Å². The fourth-order valence-electron chi connectivity index (χ4n) is 0.649. The van der Waals surface area contributed by atoms with E-state index in [0.29, 0.717) is 12.1 Å². The summed E-state index contributed by atoms with van der Waals surface area (Å²) in [5.74, 6) is -0.126. The summed E-state index contributed by atoms with van der Waals surface area (Å²) >= 11 is 0. The maximum absolute atomic E-state index is 10.7. The standard InChI is InChI=1S/C8H13NO2/c1-4-8(11)9-6(2)5-7(3)10/h5H,4H2,1-3H3,(H,9,11)/b6-5-. The van der Waals surface area contributed by atoms with Crippen LogP contribution in [0.15, 0.2) is 11.8 Å². The van der Waals surface area contributed by atoms with E-state index in [1.165, 1.54) is 13.0 Å². The molecule has 0 unspecified atom stereocenters. The number of nitrogens with one attached hydrogen (secondary N) is 1. The molecule has 0 aliphatic heterocycles. The van der Waals surface area contributed by atoms with E-state index in [4.69, 9.17) is 0 Å². The van der Waals surface area contributed by atoms with Crippen molar-refractivity contribution in [2.75, 3.05) is 0 Å². The molecule has 0 aliphatic carbocycles. The summed E-state index contributed by atoms with van der Waals surface area (Å²) in [5, 5.41) is 2.56. The fourth-order valence-corrected chi connectivity index (χ4v) is 0.649. The van der Waals surface area contributed by atoms with Gasteiger partial charge < -0.3 is 5.32 Å². The first-order chi connectivity index (χ1) is 5.06. The van der Waals surface area contributed by atoms with E-state index in [2.05, 4.69) is 5.32 Å². The maximum Gasteiger partial charge on any atom is 0.223 e. The van der Waals surface area contributed by atoms with E-state index in [1.807, 2.05) is 0 Å². The molecule has 62 valence electrons. The van der Waals surface area contributed by atoms with Crippen LogP contribution in [0.1, 0.15) is 27.2 Å². The van der Waals surface area contributed by atoms with Crippen molar-refractivity contribution in [3.63, 3.8) is 0 Å². The molecular formula is C8H13NO2. The summed E-state index contributed by atoms with van der Waals surface area (Å²) in [7, 11) is 0. The zero-order valence-electron chi connectivity index (χ0n) is 7.10. The molecule has 0 aromatic rings. The molecule has 3 heteroatoms. The van der Waals surface area contributed by atoms with Gasteiger partial charge in [-0.05, 0) is 19.9 Å². The lowest BCUT2D eigenvalue weighted by atomic mass is 10.3. The SMILES string of the molecule is CCC(=O)N/C(C)=C\C(C)=O. The Morgan fingerprint density at radius 2 is 1.91 bits per heavy atom. The molecule has 0 saturated carbocycles. The largest absolute Gasteiger partial charge is 0.330 e. The van der Waals surface area contributed by atoms with Gasteiger partial charge in [0.1, 0.15) is 0 Å². The van der Waals surface area contributed by atoms with Crippen LogP contribution in [0.4, 0.5) is 0 Å². The molecule has 0 atom stereocenters. The van der Waals surface area contributed by atoms with Crippen LogP contribution >= 0.6 is 0 Å². The average Bonchev–Trinajstić information content (AvgIpc) is 1.85. The molecule has 0 fully saturated rings. The number of carbonyl (C=O) groups is 2. The monoisotopic (exact) mass is 155 g/mol. The number of hydrogen-bond donors (Lipinski definition) is 1. The first-order valence-corrected chi connectivity index (χ1v) is 3.55.